The van der Waals surface area contributed by atoms with Crippen LogP contribution in [0.3, 0.4) is 0 Å². The van der Waals surface area contributed by atoms with Crippen LogP contribution < -0.4 is 4.90 Å². The van der Waals surface area contributed by atoms with Gasteiger partial charge in [0.15, 0.2) is 0 Å². The van der Waals surface area contributed by atoms with Crippen molar-refractivity contribution >= 4 is 23.5 Å². The van der Waals surface area contributed by atoms with Crippen molar-refractivity contribution in [1.82, 2.24) is 9.88 Å². The molecule has 1 atom stereocenters. The summed E-state index contributed by atoms with van der Waals surface area (Å²) in [6, 6.07) is 3.89. The largest absolute Gasteiger partial charge is 0.490 e. The highest BCUT2D eigenvalue weighted by Gasteiger charge is 2.48. The van der Waals surface area contributed by atoms with Crippen LogP contribution in [-0.4, -0.2) is 76.5 Å². The van der Waals surface area contributed by atoms with E-state index in [1.165, 1.54) is 32.4 Å². The number of likely N-dealkylation sites (tertiary alicyclic amines) is 1. The molecule has 1 aromatic rings. The summed E-state index contributed by atoms with van der Waals surface area (Å²) >= 11 is 0. The number of carbonyl (C=O) groups excluding carboxylic acids is 1. The highest BCUT2D eigenvalue weighted by atomic mass is 19.4. The summed E-state index contributed by atoms with van der Waals surface area (Å²) in [7, 11) is 0. The molecule has 8 nitrogen and oxygen atoms in total. The van der Waals surface area contributed by atoms with E-state index in [1.807, 2.05) is 17.0 Å². The van der Waals surface area contributed by atoms with Gasteiger partial charge in [-0.1, -0.05) is 0 Å². The number of amides is 1. The highest BCUT2D eigenvalue weighted by molar-refractivity contribution is 5.96. The molecule has 3 fully saturated rings. The molecule has 0 bridgehead atoms. The molecule has 3 aliphatic rings. The molecule has 1 amide bonds. The summed E-state index contributed by atoms with van der Waals surface area (Å²) in [5, 5.41) is 14.2. The number of anilines is 1. The topological polar surface area (TPSA) is 111 Å². The van der Waals surface area contributed by atoms with Gasteiger partial charge in [-0.25, -0.2) is 9.59 Å². The van der Waals surface area contributed by atoms with Crippen LogP contribution in [0.15, 0.2) is 24.5 Å². The molecular weight excluding hydrogens is 476 g/mol. The quantitative estimate of drug-likeness (QED) is 0.615. The van der Waals surface area contributed by atoms with Gasteiger partial charge < -0.3 is 20.0 Å². The van der Waals surface area contributed by atoms with Gasteiger partial charge in [0, 0.05) is 37.7 Å². The SMILES string of the molecule is O=C(O)C(F)(F)F.O=C(O)C(F)(F)F.O=C1CC2(CCN(CC3CC3)C2)CN1c1cccnc1. The lowest BCUT2D eigenvalue weighted by Crippen LogP contribution is -2.32. The summed E-state index contributed by atoms with van der Waals surface area (Å²) in [6.45, 7) is 4.40. The Hall–Kier alpha value is -2.90. The van der Waals surface area contributed by atoms with Gasteiger partial charge in [-0.3, -0.25) is 9.78 Å². The third-order valence-corrected chi connectivity index (χ3v) is 5.49. The molecule has 1 aliphatic carbocycles. The first-order valence-corrected chi connectivity index (χ1v) is 10.2. The minimum atomic E-state index is -5.08. The van der Waals surface area contributed by atoms with E-state index < -0.39 is 24.3 Å². The van der Waals surface area contributed by atoms with Gasteiger partial charge in [-0.2, -0.15) is 26.3 Å². The van der Waals surface area contributed by atoms with E-state index in [4.69, 9.17) is 19.8 Å². The number of pyridine rings is 1. The summed E-state index contributed by atoms with van der Waals surface area (Å²) in [5.41, 5.74) is 1.15. The number of carboxylic acid groups (broad SMARTS) is 2. The van der Waals surface area contributed by atoms with Crippen molar-refractivity contribution < 1.29 is 50.9 Å². The molecule has 2 aliphatic heterocycles. The number of halogens is 6. The maximum Gasteiger partial charge on any atom is 0.490 e. The van der Waals surface area contributed by atoms with Crippen molar-refractivity contribution in [2.75, 3.05) is 31.1 Å². The summed E-state index contributed by atoms with van der Waals surface area (Å²) < 4.78 is 63.5. The van der Waals surface area contributed by atoms with Crippen molar-refractivity contribution in [2.45, 2.75) is 38.0 Å². The molecule has 1 unspecified atom stereocenters. The third kappa shape index (κ3) is 8.15. The van der Waals surface area contributed by atoms with Crippen molar-refractivity contribution in [3.05, 3.63) is 24.5 Å². The van der Waals surface area contributed by atoms with Gasteiger partial charge in [-0.05, 0) is 43.9 Å². The van der Waals surface area contributed by atoms with E-state index in [9.17, 15) is 31.1 Å². The van der Waals surface area contributed by atoms with Crippen LogP contribution in [-0.2, 0) is 14.4 Å². The highest BCUT2D eigenvalue weighted by Crippen LogP contribution is 2.43. The van der Waals surface area contributed by atoms with Crippen molar-refractivity contribution in [1.29, 1.82) is 0 Å². The Labute approximate surface area is 190 Å². The maximum atomic E-state index is 12.4. The van der Waals surface area contributed by atoms with Gasteiger partial charge in [0.2, 0.25) is 5.91 Å². The number of aromatic nitrogens is 1. The van der Waals surface area contributed by atoms with E-state index in [-0.39, 0.29) is 11.3 Å². The van der Waals surface area contributed by atoms with E-state index >= 15 is 0 Å². The molecule has 4 rings (SSSR count). The predicted molar refractivity (Wildman–Crippen MR) is 105 cm³/mol. The minimum Gasteiger partial charge on any atom is -0.475 e. The van der Waals surface area contributed by atoms with Gasteiger partial charge in [0.1, 0.15) is 0 Å². The molecule has 2 saturated heterocycles. The Morgan fingerprint density at radius 2 is 1.62 bits per heavy atom. The molecule has 0 radical (unpaired) electrons. The predicted octanol–water partition coefficient (Wildman–Crippen LogP) is 3.19. The molecule has 34 heavy (non-hydrogen) atoms. The Balaban J connectivity index is 0.000000244. The smallest absolute Gasteiger partial charge is 0.475 e. The Bertz CT molecular complexity index is 852. The lowest BCUT2D eigenvalue weighted by atomic mass is 9.86. The third-order valence-electron chi connectivity index (χ3n) is 5.49. The average molecular weight is 499 g/mol. The fourth-order valence-corrected chi connectivity index (χ4v) is 3.77. The summed E-state index contributed by atoms with van der Waals surface area (Å²) in [5.74, 6) is -4.30. The van der Waals surface area contributed by atoms with Crippen molar-refractivity contribution in [3.8, 4) is 0 Å². The second-order valence-corrected chi connectivity index (χ2v) is 8.40. The van der Waals surface area contributed by atoms with Crippen LogP contribution >= 0.6 is 0 Å². The maximum absolute atomic E-state index is 12.4. The molecule has 1 saturated carbocycles. The Kier molecular flexibility index (Phi) is 8.50. The van der Waals surface area contributed by atoms with Crippen LogP contribution in [0.25, 0.3) is 0 Å². The van der Waals surface area contributed by atoms with Crippen LogP contribution in [0.2, 0.25) is 0 Å². The molecular formula is C20H23F6N3O5. The van der Waals surface area contributed by atoms with Crippen LogP contribution in [0, 0.1) is 11.3 Å². The summed E-state index contributed by atoms with van der Waals surface area (Å²) in [4.78, 5) is 38.8. The Morgan fingerprint density at radius 1 is 1.06 bits per heavy atom. The van der Waals surface area contributed by atoms with Crippen LogP contribution in [0.4, 0.5) is 32.0 Å². The van der Waals surface area contributed by atoms with Gasteiger partial charge in [0.25, 0.3) is 0 Å². The normalized spacial score (nSPS) is 22.6. The van der Waals surface area contributed by atoms with Crippen molar-refractivity contribution in [3.63, 3.8) is 0 Å². The van der Waals surface area contributed by atoms with E-state index in [1.54, 1.807) is 12.4 Å². The number of hydrogen-bond donors (Lipinski definition) is 2. The lowest BCUT2D eigenvalue weighted by Gasteiger charge is -2.24. The van der Waals surface area contributed by atoms with Gasteiger partial charge >= 0.3 is 24.3 Å². The molecule has 190 valence electrons. The first-order chi connectivity index (χ1) is 15.6. The number of hydrogen-bond acceptors (Lipinski definition) is 5. The molecule has 2 N–H and O–H groups in total. The second-order valence-electron chi connectivity index (χ2n) is 8.40. The first kappa shape index (κ1) is 27.3. The minimum absolute atomic E-state index is 0.196. The lowest BCUT2D eigenvalue weighted by molar-refractivity contribution is -0.193. The number of rotatable bonds is 3. The van der Waals surface area contributed by atoms with Crippen LogP contribution in [0.5, 0.6) is 0 Å². The molecule has 14 heteroatoms. The van der Waals surface area contributed by atoms with E-state index in [0.29, 0.717) is 6.42 Å². The standard InChI is InChI=1S/C16H21N3O.2C2HF3O2/c20-15-8-16(5-7-18(11-16)10-13-3-4-13)12-19(15)14-2-1-6-17-9-14;2*3-2(4,5)1(6)7/h1-2,6,9,13H,3-5,7-8,10-12H2;2*(H,6,7). The number of carbonyl (C=O) groups is 3. The fourth-order valence-electron chi connectivity index (χ4n) is 3.77. The monoisotopic (exact) mass is 499 g/mol. The number of nitrogens with zero attached hydrogens (tertiary/aromatic N) is 3. The average Bonchev–Trinajstić information content (AvgIpc) is 3.37. The summed E-state index contributed by atoms with van der Waals surface area (Å²) in [6.07, 6.45) is -1.92. The number of aliphatic carboxylic acids is 2. The fraction of sp³-hybridized carbons (Fsp3) is 0.600. The molecule has 1 spiro atoms. The number of alkyl halides is 6. The molecule has 0 aromatic carbocycles. The first-order valence-electron chi connectivity index (χ1n) is 10.2. The zero-order valence-electron chi connectivity index (χ0n) is 17.8. The molecule has 3 heterocycles. The molecule has 1 aromatic heterocycles. The van der Waals surface area contributed by atoms with E-state index in [2.05, 4.69) is 9.88 Å². The van der Waals surface area contributed by atoms with E-state index in [0.717, 1.165) is 24.7 Å². The zero-order valence-corrected chi connectivity index (χ0v) is 17.8. The van der Waals surface area contributed by atoms with Gasteiger partial charge in [0.05, 0.1) is 11.9 Å². The van der Waals surface area contributed by atoms with Crippen LogP contribution in [0.1, 0.15) is 25.7 Å². The zero-order chi connectivity index (χ0) is 25.7. The van der Waals surface area contributed by atoms with Gasteiger partial charge in [-0.15, -0.1) is 0 Å². The number of carboxylic acids is 2. The second kappa shape index (κ2) is 10.6. The Morgan fingerprint density at radius 3 is 2.06 bits per heavy atom. The van der Waals surface area contributed by atoms with Crippen molar-refractivity contribution in [2.24, 2.45) is 11.3 Å².